The molecule has 1 aromatic heterocycles. The van der Waals surface area contributed by atoms with Crippen molar-refractivity contribution in [2.24, 2.45) is 0 Å². The topological polar surface area (TPSA) is 64.5 Å². The van der Waals surface area contributed by atoms with Crippen LogP contribution >= 0.6 is 0 Å². The lowest BCUT2D eigenvalue weighted by Crippen LogP contribution is -2.26. The first-order chi connectivity index (χ1) is 6.26. The zero-order valence-electron chi connectivity index (χ0n) is 7.96. The summed E-state index contributed by atoms with van der Waals surface area (Å²) in [6.07, 6.45) is 2.61. The number of aromatic amines is 1. The first kappa shape index (κ1) is 9.75. The summed E-state index contributed by atoms with van der Waals surface area (Å²) in [5.41, 5.74) is 1.02. The maximum Gasteiger partial charge on any atom is 0.103 e. The van der Waals surface area contributed by atoms with Crippen molar-refractivity contribution in [3.05, 3.63) is 17.7 Å². The SMILES string of the molecule is CCC(C#N)NCc1cnc(C)[nH]1. The number of nitrogens with zero attached hydrogens (tertiary/aromatic N) is 2. The minimum Gasteiger partial charge on any atom is -0.345 e. The lowest BCUT2D eigenvalue weighted by Gasteiger charge is -2.06. The lowest BCUT2D eigenvalue weighted by molar-refractivity contribution is 0.581. The fourth-order valence-corrected chi connectivity index (χ4v) is 1.08. The maximum atomic E-state index is 8.67. The second kappa shape index (κ2) is 4.63. The van der Waals surface area contributed by atoms with Crippen LogP contribution in [-0.4, -0.2) is 16.0 Å². The second-order valence-electron chi connectivity index (χ2n) is 2.96. The summed E-state index contributed by atoms with van der Waals surface area (Å²) in [4.78, 5) is 7.16. The van der Waals surface area contributed by atoms with Crippen molar-refractivity contribution in [2.45, 2.75) is 32.9 Å². The second-order valence-corrected chi connectivity index (χ2v) is 2.96. The summed E-state index contributed by atoms with van der Waals surface area (Å²) in [5.74, 6) is 0.904. The molecule has 0 aromatic carbocycles. The molecule has 0 aliphatic carbocycles. The van der Waals surface area contributed by atoms with Crippen molar-refractivity contribution >= 4 is 0 Å². The highest BCUT2D eigenvalue weighted by molar-refractivity contribution is 5.01. The molecular formula is C9H14N4. The minimum atomic E-state index is -0.0661. The van der Waals surface area contributed by atoms with Crippen LogP contribution in [0.15, 0.2) is 6.20 Å². The molecule has 0 fully saturated rings. The Bertz CT molecular complexity index is 297. The Hall–Kier alpha value is -1.34. The molecule has 1 unspecified atom stereocenters. The van der Waals surface area contributed by atoms with E-state index in [4.69, 9.17) is 5.26 Å². The van der Waals surface area contributed by atoms with E-state index in [2.05, 4.69) is 21.4 Å². The average molecular weight is 178 g/mol. The molecule has 0 bridgehead atoms. The third-order valence-corrected chi connectivity index (χ3v) is 1.86. The van der Waals surface area contributed by atoms with Gasteiger partial charge in [0.1, 0.15) is 5.82 Å². The molecule has 2 N–H and O–H groups in total. The van der Waals surface area contributed by atoms with Crippen LogP contribution in [-0.2, 0) is 6.54 Å². The van der Waals surface area contributed by atoms with E-state index in [9.17, 15) is 0 Å². The van der Waals surface area contributed by atoms with Gasteiger partial charge in [-0.2, -0.15) is 5.26 Å². The highest BCUT2D eigenvalue weighted by atomic mass is 15.0. The van der Waals surface area contributed by atoms with Crippen molar-refractivity contribution in [2.75, 3.05) is 0 Å². The number of H-pyrrole nitrogens is 1. The Morgan fingerprint density at radius 3 is 3.00 bits per heavy atom. The van der Waals surface area contributed by atoms with Crippen molar-refractivity contribution < 1.29 is 0 Å². The van der Waals surface area contributed by atoms with Crippen molar-refractivity contribution in [3.63, 3.8) is 0 Å². The first-order valence-electron chi connectivity index (χ1n) is 4.39. The molecule has 0 aliphatic rings. The highest BCUT2D eigenvalue weighted by Crippen LogP contribution is 1.96. The molecule has 1 rings (SSSR count). The van der Waals surface area contributed by atoms with Gasteiger partial charge in [0.05, 0.1) is 12.1 Å². The highest BCUT2D eigenvalue weighted by Gasteiger charge is 2.03. The molecule has 1 aromatic rings. The van der Waals surface area contributed by atoms with Crippen LogP contribution in [0, 0.1) is 18.3 Å². The average Bonchev–Trinajstić information content (AvgIpc) is 2.53. The molecule has 1 atom stereocenters. The van der Waals surface area contributed by atoms with Gasteiger partial charge in [-0.3, -0.25) is 5.32 Å². The Labute approximate surface area is 78.0 Å². The van der Waals surface area contributed by atoms with Crippen LogP contribution in [0.5, 0.6) is 0 Å². The quantitative estimate of drug-likeness (QED) is 0.725. The van der Waals surface area contributed by atoms with Gasteiger partial charge in [-0.25, -0.2) is 4.98 Å². The number of nitrogens with one attached hydrogen (secondary N) is 2. The molecule has 4 heteroatoms. The van der Waals surface area contributed by atoms with Gasteiger partial charge in [0.2, 0.25) is 0 Å². The Morgan fingerprint density at radius 1 is 1.77 bits per heavy atom. The van der Waals surface area contributed by atoms with Crippen molar-refractivity contribution in [1.29, 1.82) is 5.26 Å². The first-order valence-corrected chi connectivity index (χ1v) is 4.39. The minimum absolute atomic E-state index is 0.0661. The van der Waals surface area contributed by atoms with Gasteiger partial charge in [0.25, 0.3) is 0 Å². The van der Waals surface area contributed by atoms with Crippen LogP contribution in [0.2, 0.25) is 0 Å². The largest absolute Gasteiger partial charge is 0.345 e. The monoisotopic (exact) mass is 178 g/mol. The number of hydrogen-bond donors (Lipinski definition) is 2. The van der Waals surface area contributed by atoms with Gasteiger partial charge in [-0.05, 0) is 13.3 Å². The summed E-state index contributed by atoms with van der Waals surface area (Å²) < 4.78 is 0. The van der Waals surface area contributed by atoms with Gasteiger partial charge >= 0.3 is 0 Å². The number of aryl methyl sites for hydroxylation is 1. The smallest absolute Gasteiger partial charge is 0.103 e. The Balaban J connectivity index is 2.39. The maximum absolute atomic E-state index is 8.67. The Kier molecular flexibility index (Phi) is 3.47. The van der Waals surface area contributed by atoms with E-state index in [1.165, 1.54) is 0 Å². The summed E-state index contributed by atoms with van der Waals surface area (Å²) in [5, 5.41) is 11.8. The molecule has 70 valence electrons. The predicted molar refractivity (Wildman–Crippen MR) is 49.9 cm³/mol. The zero-order valence-corrected chi connectivity index (χ0v) is 7.96. The molecule has 0 saturated carbocycles. The van der Waals surface area contributed by atoms with Gasteiger partial charge in [0.15, 0.2) is 0 Å². The number of imidazole rings is 1. The van der Waals surface area contributed by atoms with Crippen LogP contribution in [0.4, 0.5) is 0 Å². The third kappa shape index (κ3) is 2.88. The van der Waals surface area contributed by atoms with E-state index >= 15 is 0 Å². The standard InChI is InChI=1S/C9H14N4/c1-3-8(4-10)12-6-9-5-11-7(2)13-9/h5,8,12H,3,6H2,1-2H3,(H,11,13). The number of hydrogen-bond acceptors (Lipinski definition) is 3. The van der Waals surface area contributed by atoms with Gasteiger partial charge in [-0.15, -0.1) is 0 Å². The van der Waals surface area contributed by atoms with Crippen molar-refractivity contribution in [3.8, 4) is 6.07 Å². The fraction of sp³-hybridized carbons (Fsp3) is 0.556. The lowest BCUT2D eigenvalue weighted by atomic mass is 10.2. The van der Waals surface area contributed by atoms with E-state index in [0.29, 0.717) is 6.54 Å². The van der Waals surface area contributed by atoms with Crippen LogP contribution in [0.1, 0.15) is 24.9 Å². The molecule has 0 saturated heterocycles. The van der Waals surface area contributed by atoms with Crippen molar-refractivity contribution in [1.82, 2.24) is 15.3 Å². The molecule has 4 nitrogen and oxygen atoms in total. The van der Waals surface area contributed by atoms with E-state index in [0.717, 1.165) is 17.9 Å². The van der Waals surface area contributed by atoms with Crippen LogP contribution in [0.3, 0.4) is 0 Å². The normalized spacial score (nSPS) is 12.4. The van der Waals surface area contributed by atoms with Gasteiger partial charge in [-0.1, -0.05) is 6.92 Å². The van der Waals surface area contributed by atoms with Gasteiger partial charge in [0, 0.05) is 18.4 Å². The van der Waals surface area contributed by atoms with Crippen LogP contribution < -0.4 is 5.32 Å². The zero-order chi connectivity index (χ0) is 9.68. The number of aromatic nitrogens is 2. The molecule has 0 spiro atoms. The molecule has 0 amide bonds. The predicted octanol–water partition coefficient (Wildman–Crippen LogP) is 1.11. The Morgan fingerprint density at radius 2 is 2.54 bits per heavy atom. The summed E-state index contributed by atoms with van der Waals surface area (Å²) in [7, 11) is 0. The molecule has 0 radical (unpaired) electrons. The summed E-state index contributed by atoms with van der Waals surface area (Å²) in [6, 6.07) is 2.12. The fourth-order valence-electron chi connectivity index (χ4n) is 1.08. The van der Waals surface area contributed by atoms with E-state index in [1.54, 1.807) is 6.20 Å². The molecule has 0 aliphatic heterocycles. The number of nitriles is 1. The third-order valence-electron chi connectivity index (χ3n) is 1.86. The van der Waals surface area contributed by atoms with E-state index in [1.807, 2.05) is 13.8 Å². The molecular weight excluding hydrogens is 164 g/mol. The van der Waals surface area contributed by atoms with E-state index < -0.39 is 0 Å². The van der Waals surface area contributed by atoms with Gasteiger partial charge < -0.3 is 4.98 Å². The summed E-state index contributed by atoms with van der Waals surface area (Å²) in [6.45, 7) is 4.57. The number of rotatable bonds is 4. The molecule has 1 heterocycles. The molecule has 13 heavy (non-hydrogen) atoms. The van der Waals surface area contributed by atoms with E-state index in [-0.39, 0.29) is 6.04 Å². The van der Waals surface area contributed by atoms with Crippen LogP contribution in [0.25, 0.3) is 0 Å². The summed E-state index contributed by atoms with van der Waals surface area (Å²) >= 11 is 0.